The van der Waals surface area contributed by atoms with Crippen LogP contribution in [0.1, 0.15) is 17.0 Å². The van der Waals surface area contributed by atoms with Gasteiger partial charge in [-0.15, -0.1) is 11.3 Å². The fourth-order valence-electron chi connectivity index (χ4n) is 2.71. The molecule has 0 spiro atoms. The summed E-state index contributed by atoms with van der Waals surface area (Å²) >= 11 is 7.45. The molecule has 3 rings (SSSR count). The first-order valence-corrected chi connectivity index (χ1v) is 10.7. The van der Waals surface area contributed by atoms with Gasteiger partial charge >= 0.3 is 8.03 Å². The molecule has 0 saturated carbocycles. The number of hydrogen-bond donors (Lipinski definition) is 2. The second-order valence-electron chi connectivity index (χ2n) is 5.93. The van der Waals surface area contributed by atoms with Gasteiger partial charge in [-0.2, -0.15) is 4.89 Å². The van der Waals surface area contributed by atoms with Gasteiger partial charge in [-0.3, -0.25) is 4.79 Å². The summed E-state index contributed by atoms with van der Waals surface area (Å²) in [6, 6.07) is 8.60. The molecular weight excluding hydrogens is 427 g/mol. The van der Waals surface area contributed by atoms with E-state index in [1.807, 2.05) is 6.07 Å². The Kier molecular flexibility index (Phi) is 6.52. The van der Waals surface area contributed by atoms with Gasteiger partial charge in [-0.1, -0.05) is 17.7 Å². The molecule has 0 saturated heterocycles. The van der Waals surface area contributed by atoms with Crippen LogP contribution in [-0.4, -0.2) is 17.0 Å². The lowest BCUT2D eigenvalue weighted by molar-refractivity contribution is -0.121. The van der Waals surface area contributed by atoms with Gasteiger partial charge in [-0.05, 0) is 62.9 Å². The van der Waals surface area contributed by atoms with E-state index in [1.165, 1.54) is 29.7 Å². The van der Waals surface area contributed by atoms with E-state index in [9.17, 15) is 23.0 Å². The van der Waals surface area contributed by atoms with Crippen molar-refractivity contribution in [1.82, 2.24) is 5.32 Å². The maximum Gasteiger partial charge on any atom is 0.506 e. The van der Waals surface area contributed by atoms with Gasteiger partial charge in [0.2, 0.25) is 5.91 Å². The predicted molar refractivity (Wildman–Crippen MR) is 108 cm³/mol. The Balaban J connectivity index is 1.83. The summed E-state index contributed by atoms with van der Waals surface area (Å²) < 4.78 is 38.5. The van der Waals surface area contributed by atoms with E-state index in [0.29, 0.717) is 16.1 Å². The minimum absolute atomic E-state index is 0.251. The van der Waals surface area contributed by atoms with Gasteiger partial charge in [0, 0.05) is 15.9 Å². The normalized spacial score (nSPS) is 13.1. The summed E-state index contributed by atoms with van der Waals surface area (Å²) in [5.41, 5.74) is 0.968. The number of benzene rings is 2. The molecule has 9 heteroatoms. The Morgan fingerprint density at radius 2 is 2.04 bits per heavy atom. The molecule has 2 aromatic carbocycles. The lowest BCUT2D eigenvalue weighted by Gasteiger charge is -2.10. The zero-order valence-electron chi connectivity index (χ0n) is 14.2. The van der Waals surface area contributed by atoms with Gasteiger partial charge in [0.15, 0.2) is 17.8 Å². The number of fused-ring (bicyclic) bond motifs is 1. The fourth-order valence-corrected chi connectivity index (χ4v) is 4.55. The third-order valence-electron chi connectivity index (χ3n) is 4.04. The molecule has 2 N–H and O–H groups in total. The van der Waals surface area contributed by atoms with Gasteiger partial charge < -0.3 is 5.32 Å². The van der Waals surface area contributed by atoms with E-state index in [1.54, 1.807) is 17.5 Å². The zero-order valence-corrected chi connectivity index (χ0v) is 16.7. The van der Waals surface area contributed by atoms with E-state index >= 15 is 0 Å². The minimum atomic E-state index is -2.56. The second-order valence-corrected chi connectivity index (χ2v) is 8.35. The van der Waals surface area contributed by atoms with Crippen LogP contribution >= 0.6 is 31.0 Å². The Hall–Kier alpha value is -2.18. The molecule has 2 atom stereocenters. The van der Waals surface area contributed by atoms with Crippen molar-refractivity contribution in [2.24, 2.45) is 0 Å². The summed E-state index contributed by atoms with van der Waals surface area (Å²) in [7, 11) is -2.56. The van der Waals surface area contributed by atoms with E-state index in [2.05, 4.69) is 5.32 Å². The highest BCUT2D eigenvalue weighted by atomic mass is 35.5. The smallest absolute Gasteiger partial charge is 0.332 e. The first-order chi connectivity index (χ1) is 13.3. The Bertz CT molecular complexity index is 1090. The van der Waals surface area contributed by atoms with E-state index in [0.717, 1.165) is 22.2 Å². The standard InChI is InChI=1S/C19H13ClF2NO3PS/c20-12-2-4-18-13(8-12)15(10-28-18)14(9-27(25)26)19(24)23-6-5-11-1-3-16(21)17(22)7-11/h1-8,10,14H,9H2,(H-,23,24,25,26)/p+1. The van der Waals surface area contributed by atoms with Crippen molar-refractivity contribution in [1.29, 1.82) is 0 Å². The number of rotatable bonds is 6. The summed E-state index contributed by atoms with van der Waals surface area (Å²) in [5.74, 6) is -3.31. The van der Waals surface area contributed by atoms with Crippen molar-refractivity contribution in [2.45, 2.75) is 5.92 Å². The van der Waals surface area contributed by atoms with Crippen molar-refractivity contribution < 1.29 is 23.0 Å². The van der Waals surface area contributed by atoms with Crippen LogP contribution in [0.2, 0.25) is 5.02 Å². The average molecular weight is 441 g/mol. The van der Waals surface area contributed by atoms with Crippen LogP contribution in [0, 0.1) is 11.6 Å². The number of halogens is 3. The molecule has 0 aliphatic heterocycles. The number of carbonyl (C=O) groups excluding carboxylic acids is 1. The quantitative estimate of drug-likeness (QED) is 0.502. The molecule has 0 bridgehead atoms. The van der Waals surface area contributed by atoms with Crippen LogP contribution in [0.15, 0.2) is 48.0 Å². The van der Waals surface area contributed by atoms with Crippen LogP contribution in [0.5, 0.6) is 0 Å². The molecule has 1 aromatic heterocycles. The fraction of sp³-hybridized carbons (Fsp3) is 0.105. The van der Waals surface area contributed by atoms with Crippen LogP contribution in [0.25, 0.3) is 16.2 Å². The molecule has 0 fully saturated rings. The molecule has 1 heterocycles. The van der Waals surface area contributed by atoms with E-state index < -0.39 is 31.5 Å². The summed E-state index contributed by atoms with van der Waals surface area (Å²) in [6.45, 7) is 0. The molecule has 4 nitrogen and oxygen atoms in total. The van der Waals surface area contributed by atoms with Crippen molar-refractivity contribution >= 4 is 53.0 Å². The van der Waals surface area contributed by atoms with Gasteiger partial charge in [0.1, 0.15) is 5.92 Å². The first-order valence-electron chi connectivity index (χ1n) is 8.07. The topological polar surface area (TPSA) is 66.4 Å². The van der Waals surface area contributed by atoms with Crippen LogP contribution in [0.3, 0.4) is 0 Å². The number of hydrogen-bond acceptors (Lipinski definition) is 3. The molecule has 0 aliphatic rings. The highest BCUT2D eigenvalue weighted by molar-refractivity contribution is 7.38. The average Bonchev–Trinajstić information content (AvgIpc) is 3.05. The predicted octanol–water partition coefficient (Wildman–Crippen LogP) is 5.44. The third-order valence-corrected chi connectivity index (χ3v) is 5.94. The van der Waals surface area contributed by atoms with Gasteiger partial charge in [-0.25, -0.2) is 8.78 Å². The lowest BCUT2D eigenvalue weighted by Crippen LogP contribution is -2.26. The SMILES string of the molecule is O=C(NC=Cc1ccc(F)c(F)c1)C(C[P+](=O)O)c1csc2ccc(Cl)cc12. The summed E-state index contributed by atoms with van der Waals surface area (Å²) in [4.78, 5) is 22.0. The largest absolute Gasteiger partial charge is 0.506 e. The van der Waals surface area contributed by atoms with Crippen LogP contribution < -0.4 is 5.32 Å². The molecule has 2 unspecified atom stereocenters. The Labute approximate surface area is 169 Å². The lowest BCUT2D eigenvalue weighted by atomic mass is 9.99. The maximum absolute atomic E-state index is 13.2. The van der Waals surface area contributed by atoms with Crippen molar-refractivity contribution in [3.05, 3.63) is 75.8 Å². The third kappa shape index (κ3) is 4.80. The number of nitrogens with one attached hydrogen (secondary N) is 1. The Morgan fingerprint density at radius 1 is 1.25 bits per heavy atom. The van der Waals surface area contributed by atoms with E-state index in [-0.39, 0.29) is 6.16 Å². The molecule has 0 radical (unpaired) electrons. The monoisotopic (exact) mass is 440 g/mol. The molecule has 1 amide bonds. The molecule has 144 valence electrons. The number of carbonyl (C=O) groups is 1. The Morgan fingerprint density at radius 3 is 2.75 bits per heavy atom. The number of amides is 1. The summed E-state index contributed by atoms with van der Waals surface area (Å²) in [5, 5.41) is 5.55. The van der Waals surface area contributed by atoms with Crippen molar-refractivity contribution in [2.75, 3.05) is 6.16 Å². The van der Waals surface area contributed by atoms with Crippen LogP contribution in [0.4, 0.5) is 8.78 Å². The van der Waals surface area contributed by atoms with E-state index in [4.69, 9.17) is 11.6 Å². The summed E-state index contributed by atoms with van der Waals surface area (Å²) in [6.07, 6.45) is 2.44. The van der Waals surface area contributed by atoms with Crippen LogP contribution in [-0.2, 0) is 9.36 Å². The van der Waals surface area contributed by atoms with Gasteiger partial charge in [0.25, 0.3) is 0 Å². The molecular formula is C19H14ClF2NO3PS+. The molecule has 28 heavy (non-hydrogen) atoms. The number of thiophene rings is 1. The first kappa shape index (κ1) is 20.6. The highest BCUT2D eigenvalue weighted by Gasteiger charge is 2.31. The van der Waals surface area contributed by atoms with Crippen molar-refractivity contribution in [3.8, 4) is 0 Å². The zero-order chi connectivity index (χ0) is 20.3. The minimum Gasteiger partial charge on any atom is -0.332 e. The second kappa shape index (κ2) is 8.88. The van der Waals surface area contributed by atoms with Crippen molar-refractivity contribution in [3.63, 3.8) is 0 Å². The highest BCUT2D eigenvalue weighted by Crippen LogP contribution is 2.36. The molecule has 3 aromatic rings. The maximum atomic E-state index is 13.2. The molecule has 0 aliphatic carbocycles. The van der Waals surface area contributed by atoms with Gasteiger partial charge in [0.05, 0.1) is 0 Å².